The van der Waals surface area contributed by atoms with Crippen molar-refractivity contribution < 1.29 is 4.74 Å². The number of unbranched alkanes of at least 4 members (excludes halogenated alkanes) is 14. The summed E-state index contributed by atoms with van der Waals surface area (Å²) in [4.78, 5) is 4.41. The highest BCUT2D eigenvalue weighted by Gasteiger charge is 2.08. The number of ether oxygens (including phenoxy) is 1. The summed E-state index contributed by atoms with van der Waals surface area (Å²) in [6.07, 6.45) is 25.6. The summed E-state index contributed by atoms with van der Waals surface area (Å²) < 4.78 is 5.63. The minimum absolute atomic E-state index is 0.321. The molecule has 1 aromatic rings. The predicted molar refractivity (Wildman–Crippen MR) is 118 cm³/mol. The smallest absolute Gasteiger partial charge is 0.0626 e. The van der Waals surface area contributed by atoms with Crippen LogP contribution in [0.15, 0.2) is 24.4 Å². The molecule has 2 nitrogen and oxygen atoms in total. The molecule has 0 N–H and O–H groups in total. The molecule has 0 saturated heterocycles. The molecule has 27 heavy (non-hydrogen) atoms. The largest absolute Gasteiger partial charge is 0.381 e. The molecule has 0 spiro atoms. The maximum Gasteiger partial charge on any atom is 0.0626 e. The molecule has 0 radical (unpaired) electrons. The molecule has 1 heterocycles. The summed E-state index contributed by atoms with van der Waals surface area (Å²) >= 11 is 0. The Hall–Kier alpha value is -0.890. The molecule has 0 amide bonds. The van der Waals surface area contributed by atoms with Crippen LogP contribution in [0.5, 0.6) is 0 Å². The minimum atomic E-state index is 0.321. The van der Waals surface area contributed by atoms with E-state index in [4.69, 9.17) is 4.74 Å². The molecule has 0 aliphatic rings. The van der Waals surface area contributed by atoms with Crippen molar-refractivity contribution in [3.8, 4) is 0 Å². The van der Waals surface area contributed by atoms with Gasteiger partial charge < -0.3 is 4.74 Å². The van der Waals surface area contributed by atoms with E-state index in [1.54, 1.807) is 0 Å². The van der Waals surface area contributed by atoms with E-state index in [0.29, 0.717) is 6.10 Å². The molecule has 2 heteroatoms. The summed E-state index contributed by atoms with van der Waals surface area (Å²) in [5, 5.41) is 0. The number of hydrogen-bond acceptors (Lipinski definition) is 2. The number of nitrogens with zero attached hydrogens (tertiary/aromatic N) is 1. The van der Waals surface area contributed by atoms with Crippen molar-refractivity contribution in [1.29, 1.82) is 0 Å². The molecule has 1 aromatic heterocycles. The highest BCUT2D eigenvalue weighted by Crippen LogP contribution is 2.15. The Morgan fingerprint density at radius 3 is 1.70 bits per heavy atom. The van der Waals surface area contributed by atoms with Crippen molar-refractivity contribution in [2.24, 2.45) is 0 Å². The van der Waals surface area contributed by atoms with Crippen LogP contribution in [0, 0.1) is 0 Å². The zero-order valence-corrected chi connectivity index (χ0v) is 18.3. The van der Waals surface area contributed by atoms with Gasteiger partial charge >= 0.3 is 0 Å². The van der Waals surface area contributed by atoms with Gasteiger partial charge in [0.15, 0.2) is 0 Å². The first kappa shape index (κ1) is 24.1. The summed E-state index contributed by atoms with van der Waals surface area (Å²) in [5.74, 6) is 0. The molecule has 0 bridgehead atoms. The second-order valence-electron chi connectivity index (χ2n) is 8.12. The van der Waals surface area contributed by atoms with Gasteiger partial charge in [-0.3, -0.25) is 4.98 Å². The third kappa shape index (κ3) is 14.8. The minimum Gasteiger partial charge on any atom is -0.381 e. The lowest BCUT2D eigenvalue weighted by atomic mass is 10.0. The van der Waals surface area contributed by atoms with Gasteiger partial charge in [0.05, 0.1) is 6.10 Å². The fourth-order valence-electron chi connectivity index (χ4n) is 3.80. The van der Waals surface area contributed by atoms with Gasteiger partial charge in [-0.2, -0.15) is 0 Å². The molecule has 1 atom stereocenters. The molecular formula is C25H45NO. The van der Waals surface area contributed by atoms with Gasteiger partial charge in [0.2, 0.25) is 0 Å². The molecule has 0 saturated carbocycles. The van der Waals surface area contributed by atoms with Crippen LogP contribution in [0.4, 0.5) is 0 Å². The maximum absolute atomic E-state index is 5.63. The van der Waals surface area contributed by atoms with Gasteiger partial charge in [-0.15, -0.1) is 0 Å². The van der Waals surface area contributed by atoms with E-state index in [0.717, 1.165) is 18.5 Å². The van der Waals surface area contributed by atoms with Gasteiger partial charge in [0.25, 0.3) is 0 Å². The zero-order chi connectivity index (χ0) is 19.4. The van der Waals surface area contributed by atoms with Crippen LogP contribution in [0.2, 0.25) is 0 Å². The van der Waals surface area contributed by atoms with Crippen LogP contribution in [0.3, 0.4) is 0 Å². The van der Waals surface area contributed by atoms with E-state index in [9.17, 15) is 0 Å². The standard InChI is InChI=1S/C25H45NO/c1-3-4-5-6-7-8-9-10-11-12-13-14-15-16-17-21-25(27-2)23-24-20-18-19-22-26-24/h18-20,22,25H,3-17,21,23H2,1-2H3. The van der Waals surface area contributed by atoms with Gasteiger partial charge in [-0.25, -0.2) is 0 Å². The predicted octanol–water partition coefficient (Wildman–Crippen LogP) is 7.90. The van der Waals surface area contributed by atoms with Gasteiger partial charge in [-0.1, -0.05) is 109 Å². The third-order valence-electron chi connectivity index (χ3n) is 5.63. The van der Waals surface area contributed by atoms with Crippen LogP contribution in [-0.4, -0.2) is 18.2 Å². The lowest BCUT2D eigenvalue weighted by Gasteiger charge is -2.14. The van der Waals surface area contributed by atoms with Gasteiger partial charge in [0.1, 0.15) is 0 Å². The fraction of sp³-hybridized carbons (Fsp3) is 0.800. The lowest BCUT2D eigenvalue weighted by Crippen LogP contribution is -2.14. The average molecular weight is 376 g/mol. The van der Waals surface area contributed by atoms with Crippen LogP contribution in [-0.2, 0) is 11.2 Å². The number of rotatable bonds is 19. The monoisotopic (exact) mass is 375 g/mol. The second-order valence-corrected chi connectivity index (χ2v) is 8.12. The first-order chi connectivity index (χ1) is 13.4. The Balaban J connectivity index is 1.83. The van der Waals surface area contributed by atoms with Crippen molar-refractivity contribution >= 4 is 0 Å². The molecule has 1 unspecified atom stereocenters. The second kappa shape index (κ2) is 18.5. The Morgan fingerprint density at radius 1 is 0.741 bits per heavy atom. The van der Waals surface area contributed by atoms with Crippen molar-refractivity contribution in [1.82, 2.24) is 4.98 Å². The fourth-order valence-corrected chi connectivity index (χ4v) is 3.80. The Kier molecular flexibility index (Phi) is 16.5. The van der Waals surface area contributed by atoms with Gasteiger partial charge in [-0.05, 0) is 18.6 Å². The lowest BCUT2D eigenvalue weighted by molar-refractivity contribution is 0.0922. The maximum atomic E-state index is 5.63. The molecule has 0 aliphatic heterocycles. The highest BCUT2D eigenvalue weighted by molar-refractivity contribution is 5.04. The molecule has 156 valence electrons. The van der Waals surface area contributed by atoms with E-state index >= 15 is 0 Å². The van der Waals surface area contributed by atoms with E-state index in [1.165, 1.54) is 96.3 Å². The average Bonchev–Trinajstić information content (AvgIpc) is 2.70. The number of methoxy groups -OCH3 is 1. The van der Waals surface area contributed by atoms with E-state index < -0.39 is 0 Å². The van der Waals surface area contributed by atoms with Crippen molar-refractivity contribution in [2.45, 2.75) is 122 Å². The number of hydrogen-bond donors (Lipinski definition) is 0. The number of pyridine rings is 1. The molecule has 0 aliphatic carbocycles. The zero-order valence-electron chi connectivity index (χ0n) is 18.3. The first-order valence-corrected chi connectivity index (χ1v) is 11.8. The Labute approximate surface area is 169 Å². The van der Waals surface area contributed by atoms with Crippen molar-refractivity contribution in [3.63, 3.8) is 0 Å². The summed E-state index contributed by atoms with van der Waals surface area (Å²) in [5.41, 5.74) is 1.14. The van der Waals surface area contributed by atoms with Gasteiger partial charge in [0, 0.05) is 25.4 Å². The van der Waals surface area contributed by atoms with Crippen molar-refractivity contribution in [2.75, 3.05) is 7.11 Å². The molecule has 1 rings (SSSR count). The molecular weight excluding hydrogens is 330 g/mol. The molecule has 0 fully saturated rings. The highest BCUT2D eigenvalue weighted by atomic mass is 16.5. The summed E-state index contributed by atoms with van der Waals surface area (Å²) in [6, 6.07) is 6.13. The van der Waals surface area contributed by atoms with Crippen molar-refractivity contribution in [3.05, 3.63) is 30.1 Å². The third-order valence-corrected chi connectivity index (χ3v) is 5.63. The topological polar surface area (TPSA) is 22.1 Å². The van der Waals surface area contributed by atoms with E-state index in [-0.39, 0.29) is 0 Å². The first-order valence-electron chi connectivity index (χ1n) is 11.8. The summed E-state index contributed by atoms with van der Waals surface area (Å²) in [7, 11) is 1.83. The molecule has 0 aromatic carbocycles. The number of aromatic nitrogens is 1. The quantitative estimate of drug-likeness (QED) is 0.229. The van der Waals surface area contributed by atoms with Crippen LogP contribution in [0.25, 0.3) is 0 Å². The normalized spacial score (nSPS) is 12.4. The SMILES string of the molecule is CCCCCCCCCCCCCCCCCC(Cc1ccccn1)OC. The van der Waals surface area contributed by atoms with Crippen LogP contribution >= 0.6 is 0 Å². The Bertz CT molecular complexity index is 406. The van der Waals surface area contributed by atoms with Crippen LogP contribution in [0.1, 0.15) is 115 Å². The van der Waals surface area contributed by atoms with E-state index in [2.05, 4.69) is 24.0 Å². The van der Waals surface area contributed by atoms with Crippen LogP contribution < -0.4 is 0 Å². The summed E-state index contributed by atoms with van der Waals surface area (Å²) in [6.45, 7) is 2.29. The Morgan fingerprint density at radius 2 is 1.26 bits per heavy atom. The van der Waals surface area contributed by atoms with E-state index in [1.807, 2.05) is 19.4 Å².